The van der Waals surface area contributed by atoms with Gasteiger partial charge in [0.2, 0.25) is 5.91 Å². The van der Waals surface area contributed by atoms with Crippen LogP contribution in [0.2, 0.25) is 10.0 Å². The number of ether oxygens (including phenoxy) is 1. The molecule has 5 nitrogen and oxygen atoms in total. The zero-order valence-corrected chi connectivity index (χ0v) is 15.2. The van der Waals surface area contributed by atoms with Crippen molar-refractivity contribution in [1.82, 2.24) is 5.32 Å². The fourth-order valence-corrected chi connectivity index (χ4v) is 2.55. The minimum atomic E-state index is -0.274. The Morgan fingerprint density at radius 1 is 1.12 bits per heavy atom. The second kappa shape index (κ2) is 9.30. The van der Waals surface area contributed by atoms with E-state index in [4.69, 9.17) is 27.9 Å². The number of hydrogen-bond donors (Lipinski definition) is 1. The highest BCUT2D eigenvalue weighted by atomic mass is 35.5. The SMILES string of the molecule is CC(=O)N(CCNC(=O)COc1ccccc1)c1cc(Cl)ccc1Cl. The Bertz CT molecular complexity index is 738. The van der Waals surface area contributed by atoms with Crippen LogP contribution < -0.4 is 15.0 Å². The molecule has 0 saturated heterocycles. The Labute approximate surface area is 156 Å². The highest BCUT2D eigenvalue weighted by Crippen LogP contribution is 2.28. The normalized spacial score (nSPS) is 10.2. The lowest BCUT2D eigenvalue weighted by molar-refractivity contribution is -0.123. The summed E-state index contributed by atoms with van der Waals surface area (Å²) in [5, 5.41) is 3.60. The van der Waals surface area contributed by atoms with Crippen LogP contribution in [-0.4, -0.2) is 31.5 Å². The quantitative estimate of drug-likeness (QED) is 0.798. The van der Waals surface area contributed by atoms with E-state index >= 15 is 0 Å². The van der Waals surface area contributed by atoms with Crippen molar-refractivity contribution in [2.24, 2.45) is 0 Å². The topological polar surface area (TPSA) is 58.6 Å². The number of rotatable bonds is 7. The maximum Gasteiger partial charge on any atom is 0.258 e. The second-order valence-electron chi connectivity index (χ2n) is 5.22. The molecule has 0 unspecified atom stereocenters. The van der Waals surface area contributed by atoms with Crippen molar-refractivity contribution in [1.29, 1.82) is 0 Å². The van der Waals surface area contributed by atoms with Crippen molar-refractivity contribution in [2.75, 3.05) is 24.6 Å². The first kappa shape index (κ1) is 19.1. The summed E-state index contributed by atoms with van der Waals surface area (Å²) in [6, 6.07) is 13.9. The highest BCUT2D eigenvalue weighted by Gasteiger charge is 2.15. The van der Waals surface area contributed by atoms with Crippen molar-refractivity contribution in [3.05, 3.63) is 58.6 Å². The minimum Gasteiger partial charge on any atom is -0.484 e. The van der Waals surface area contributed by atoms with Gasteiger partial charge in [0, 0.05) is 25.0 Å². The van der Waals surface area contributed by atoms with E-state index in [2.05, 4.69) is 5.32 Å². The number of hydrogen-bond acceptors (Lipinski definition) is 3. The molecule has 0 aromatic heterocycles. The highest BCUT2D eigenvalue weighted by molar-refractivity contribution is 6.35. The van der Waals surface area contributed by atoms with E-state index in [1.807, 2.05) is 18.2 Å². The summed E-state index contributed by atoms with van der Waals surface area (Å²) >= 11 is 12.1. The van der Waals surface area contributed by atoms with Crippen LogP contribution in [0.3, 0.4) is 0 Å². The maximum atomic E-state index is 11.9. The third-order valence-corrected chi connectivity index (χ3v) is 3.90. The summed E-state index contributed by atoms with van der Waals surface area (Å²) < 4.78 is 5.36. The fourth-order valence-electron chi connectivity index (χ4n) is 2.16. The molecule has 0 aliphatic heterocycles. The summed E-state index contributed by atoms with van der Waals surface area (Å²) in [5.41, 5.74) is 0.511. The summed E-state index contributed by atoms with van der Waals surface area (Å²) in [6.07, 6.45) is 0. The van der Waals surface area contributed by atoms with E-state index < -0.39 is 0 Å². The second-order valence-corrected chi connectivity index (χ2v) is 6.06. The lowest BCUT2D eigenvalue weighted by Crippen LogP contribution is -2.39. The van der Waals surface area contributed by atoms with E-state index in [0.29, 0.717) is 21.5 Å². The number of nitrogens with one attached hydrogen (secondary N) is 1. The Morgan fingerprint density at radius 2 is 1.84 bits per heavy atom. The number of carbonyl (C=O) groups excluding carboxylic acids is 2. The average molecular weight is 381 g/mol. The number of nitrogens with zero attached hydrogens (tertiary/aromatic N) is 1. The predicted molar refractivity (Wildman–Crippen MR) is 99.4 cm³/mol. The molecule has 0 aliphatic carbocycles. The molecule has 2 aromatic rings. The van der Waals surface area contributed by atoms with Gasteiger partial charge in [-0.3, -0.25) is 9.59 Å². The van der Waals surface area contributed by atoms with Gasteiger partial charge in [-0.15, -0.1) is 0 Å². The van der Waals surface area contributed by atoms with Crippen LogP contribution in [0.5, 0.6) is 5.75 Å². The lowest BCUT2D eigenvalue weighted by Gasteiger charge is -2.22. The number of benzene rings is 2. The predicted octanol–water partition coefficient (Wildman–Crippen LogP) is 3.54. The summed E-state index contributed by atoms with van der Waals surface area (Å²) in [6.45, 7) is 1.87. The molecular formula is C18H18Cl2N2O3. The van der Waals surface area contributed by atoms with E-state index in [-0.39, 0.29) is 31.5 Å². The van der Waals surface area contributed by atoms with Gasteiger partial charge in [-0.1, -0.05) is 41.4 Å². The summed E-state index contributed by atoms with van der Waals surface area (Å²) in [7, 11) is 0. The molecule has 7 heteroatoms. The van der Waals surface area contributed by atoms with E-state index in [9.17, 15) is 9.59 Å². The van der Waals surface area contributed by atoms with Crippen LogP contribution in [0.4, 0.5) is 5.69 Å². The lowest BCUT2D eigenvalue weighted by atomic mass is 10.2. The van der Waals surface area contributed by atoms with Crippen molar-refractivity contribution in [3.63, 3.8) is 0 Å². The van der Waals surface area contributed by atoms with Gasteiger partial charge in [0.15, 0.2) is 6.61 Å². The Hall–Kier alpha value is -2.24. The van der Waals surface area contributed by atoms with Gasteiger partial charge in [0.25, 0.3) is 5.91 Å². The molecule has 1 N–H and O–H groups in total. The van der Waals surface area contributed by atoms with E-state index in [1.165, 1.54) is 11.8 Å². The number of para-hydroxylation sites is 1. The molecule has 0 aliphatic rings. The third-order valence-electron chi connectivity index (χ3n) is 3.35. The van der Waals surface area contributed by atoms with Crippen molar-refractivity contribution in [2.45, 2.75) is 6.92 Å². The number of anilines is 1. The minimum absolute atomic E-state index is 0.0952. The largest absolute Gasteiger partial charge is 0.484 e. The number of halogens is 2. The zero-order valence-electron chi connectivity index (χ0n) is 13.7. The zero-order chi connectivity index (χ0) is 18.2. The first-order chi connectivity index (χ1) is 12.0. The van der Waals surface area contributed by atoms with Crippen LogP contribution in [0.15, 0.2) is 48.5 Å². The molecule has 0 atom stereocenters. The number of amides is 2. The molecule has 0 spiro atoms. The van der Waals surface area contributed by atoms with Gasteiger partial charge in [-0.2, -0.15) is 0 Å². The molecule has 0 fully saturated rings. The Kier molecular flexibility index (Phi) is 7.10. The molecule has 2 aromatic carbocycles. The van der Waals surface area contributed by atoms with E-state index in [1.54, 1.807) is 30.3 Å². The van der Waals surface area contributed by atoms with Crippen molar-refractivity contribution < 1.29 is 14.3 Å². The maximum absolute atomic E-state index is 11.9. The van der Waals surface area contributed by atoms with Crippen molar-refractivity contribution in [3.8, 4) is 5.75 Å². The van der Waals surface area contributed by atoms with Crippen molar-refractivity contribution >= 4 is 40.7 Å². The van der Waals surface area contributed by atoms with Gasteiger partial charge in [0.05, 0.1) is 10.7 Å². The van der Waals surface area contributed by atoms with Crippen LogP contribution in [-0.2, 0) is 9.59 Å². The van der Waals surface area contributed by atoms with Crippen LogP contribution in [0.1, 0.15) is 6.92 Å². The summed E-state index contributed by atoms with van der Waals surface area (Å²) in [5.74, 6) is 0.150. The molecule has 132 valence electrons. The molecule has 0 bridgehead atoms. The van der Waals surface area contributed by atoms with E-state index in [0.717, 1.165) is 0 Å². The average Bonchev–Trinajstić information content (AvgIpc) is 2.60. The Balaban J connectivity index is 1.86. The molecule has 25 heavy (non-hydrogen) atoms. The van der Waals surface area contributed by atoms with Gasteiger partial charge in [0.1, 0.15) is 5.75 Å². The smallest absolute Gasteiger partial charge is 0.258 e. The monoisotopic (exact) mass is 380 g/mol. The molecule has 0 radical (unpaired) electrons. The van der Waals surface area contributed by atoms with Gasteiger partial charge < -0.3 is 15.0 Å². The third kappa shape index (κ3) is 5.96. The summed E-state index contributed by atoms with van der Waals surface area (Å²) in [4.78, 5) is 25.2. The van der Waals surface area contributed by atoms with Gasteiger partial charge >= 0.3 is 0 Å². The standard InChI is InChI=1S/C18H18Cl2N2O3/c1-13(23)22(17-11-14(19)7-8-16(17)20)10-9-21-18(24)12-25-15-5-3-2-4-6-15/h2-8,11H,9-10,12H2,1H3,(H,21,24). The van der Waals surface area contributed by atoms with Gasteiger partial charge in [-0.25, -0.2) is 0 Å². The number of carbonyl (C=O) groups is 2. The van der Waals surface area contributed by atoms with Crippen LogP contribution in [0, 0.1) is 0 Å². The molecule has 2 amide bonds. The molecular weight excluding hydrogens is 363 g/mol. The van der Waals surface area contributed by atoms with Gasteiger partial charge in [-0.05, 0) is 30.3 Å². The molecule has 0 saturated carbocycles. The first-order valence-electron chi connectivity index (χ1n) is 7.65. The fraction of sp³-hybridized carbons (Fsp3) is 0.222. The molecule has 2 rings (SSSR count). The van der Waals surface area contributed by atoms with Crippen LogP contribution in [0.25, 0.3) is 0 Å². The first-order valence-corrected chi connectivity index (χ1v) is 8.40. The molecule has 0 heterocycles. The Morgan fingerprint density at radius 3 is 2.52 bits per heavy atom. The van der Waals surface area contributed by atoms with Crippen LogP contribution >= 0.6 is 23.2 Å².